The molecule has 2 atom stereocenters. The van der Waals surface area contributed by atoms with E-state index in [0.29, 0.717) is 23.7 Å². The third-order valence-corrected chi connectivity index (χ3v) is 11.9. The summed E-state index contributed by atoms with van der Waals surface area (Å²) in [6, 6.07) is 14.8. The molecule has 0 aromatic heterocycles. The van der Waals surface area contributed by atoms with Crippen LogP contribution in [0.5, 0.6) is 0 Å². The molecule has 282 valence electrons. The molecule has 0 spiro atoms. The standard InChI is InChI=1S/C45H66O6/c1-6-9-10-11-37-18-21-41(25-35(37)7-2)39-16-19-40(20-17-39)43-23-22-42(26-36(43)8-3)38-14-12-33(13-15-38)24-34(29-50-44(48)31(4)27-46)30-51-45(49)32(5)28-47/h18,21-23,25-26,32-34,38-40,46-47H,4,6-17,19-20,24,27-30H2,1-3,5H3. The van der Waals surface area contributed by atoms with Crippen LogP contribution in [-0.4, -0.2) is 48.6 Å². The normalized spacial score (nSPS) is 21.8. The summed E-state index contributed by atoms with van der Waals surface area (Å²) in [4.78, 5) is 24.4. The molecular formula is C45H66O6. The van der Waals surface area contributed by atoms with Crippen LogP contribution in [0.1, 0.15) is 156 Å². The second-order valence-corrected chi connectivity index (χ2v) is 15.6. The molecule has 0 bridgehead atoms. The van der Waals surface area contributed by atoms with Crippen LogP contribution in [0, 0.1) is 17.8 Å². The Morgan fingerprint density at radius 3 is 1.96 bits per heavy atom. The van der Waals surface area contributed by atoms with Crippen LogP contribution >= 0.6 is 0 Å². The molecule has 0 saturated heterocycles. The molecule has 0 heterocycles. The smallest absolute Gasteiger partial charge is 0.335 e. The first-order chi connectivity index (χ1) is 24.7. The maximum atomic E-state index is 12.2. The highest BCUT2D eigenvalue weighted by Crippen LogP contribution is 2.44. The van der Waals surface area contributed by atoms with Gasteiger partial charge in [0.25, 0.3) is 0 Å². The molecule has 0 radical (unpaired) electrons. The number of esters is 2. The molecule has 2 aromatic rings. The van der Waals surface area contributed by atoms with Crippen molar-refractivity contribution in [2.45, 2.75) is 142 Å². The molecule has 2 aliphatic rings. The van der Waals surface area contributed by atoms with Gasteiger partial charge in [-0.05, 0) is 147 Å². The maximum absolute atomic E-state index is 12.2. The average molecular weight is 703 g/mol. The van der Waals surface area contributed by atoms with Gasteiger partial charge in [0.05, 0.1) is 37.9 Å². The van der Waals surface area contributed by atoms with Gasteiger partial charge < -0.3 is 19.7 Å². The lowest BCUT2D eigenvalue weighted by molar-refractivity contribution is -0.152. The third kappa shape index (κ3) is 11.8. The summed E-state index contributed by atoms with van der Waals surface area (Å²) < 4.78 is 10.9. The van der Waals surface area contributed by atoms with Crippen molar-refractivity contribution < 1.29 is 29.3 Å². The van der Waals surface area contributed by atoms with Crippen molar-refractivity contribution in [3.05, 3.63) is 81.9 Å². The summed E-state index contributed by atoms with van der Waals surface area (Å²) in [7, 11) is 0. The van der Waals surface area contributed by atoms with Gasteiger partial charge in [-0.25, -0.2) is 4.79 Å². The highest BCUT2D eigenvalue weighted by atomic mass is 16.5. The van der Waals surface area contributed by atoms with Gasteiger partial charge >= 0.3 is 11.9 Å². The van der Waals surface area contributed by atoms with Crippen LogP contribution in [0.25, 0.3) is 0 Å². The van der Waals surface area contributed by atoms with E-state index in [2.05, 4.69) is 63.7 Å². The van der Waals surface area contributed by atoms with Gasteiger partial charge in [-0.15, -0.1) is 0 Å². The van der Waals surface area contributed by atoms with Crippen LogP contribution in [0.4, 0.5) is 0 Å². The zero-order chi connectivity index (χ0) is 36.8. The van der Waals surface area contributed by atoms with Crippen molar-refractivity contribution >= 4 is 11.9 Å². The van der Waals surface area contributed by atoms with Crippen LogP contribution in [-0.2, 0) is 38.3 Å². The number of benzene rings is 2. The molecule has 2 aromatic carbocycles. The van der Waals surface area contributed by atoms with Crippen molar-refractivity contribution in [2.75, 3.05) is 26.4 Å². The predicted octanol–water partition coefficient (Wildman–Crippen LogP) is 9.53. The number of carbonyl (C=O) groups is 2. The SMILES string of the molecule is C=C(CO)C(=O)OCC(COC(=O)C(C)CO)CC1CCC(c2ccc(C3CCC(c4ccc(CCCCC)c(CC)c4)CC3)c(CC)c2)CC1. The highest BCUT2D eigenvalue weighted by molar-refractivity contribution is 5.87. The Labute approximate surface area is 308 Å². The number of hydrogen-bond acceptors (Lipinski definition) is 6. The molecule has 6 heteroatoms. The minimum atomic E-state index is -0.627. The molecule has 0 aliphatic heterocycles. The highest BCUT2D eigenvalue weighted by Gasteiger charge is 2.29. The van der Waals surface area contributed by atoms with E-state index >= 15 is 0 Å². The number of hydrogen-bond donors (Lipinski definition) is 2. The Morgan fingerprint density at radius 2 is 1.35 bits per heavy atom. The zero-order valence-electron chi connectivity index (χ0n) is 32.1. The summed E-state index contributed by atoms with van der Waals surface area (Å²) in [6.45, 7) is 11.6. The lowest BCUT2D eigenvalue weighted by Crippen LogP contribution is -2.27. The van der Waals surface area contributed by atoms with Crippen LogP contribution < -0.4 is 0 Å². The van der Waals surface area contributed by atoms with Crippen molar-refractivity contribution in [1.29, 1.82) is 0 Å². The molecule has 0 amide bonds. The number of ether oxygens (including phenoxy) is 2. The van der Waals surface area contributed by atoms with Crippen LogP contribution in [0.2, 0.25) is 0 Å². The topological polar surface area (TPSA) is 93.1 Å². The monoisotopic (exact) mass is 702 g/mol. The average Bonchev–Trinajstić information content (AvgIpc) is 3.18. The minimum Gasteiger partial charge on any atom is -0.465 e. The minimum absolute atomic E-state index is 0.00875. The molecular weight excluding hydrogens is 636 g/mol. The maximum Gasteiger partial charge on any atom is 0.335 e. The Balaban J connectivity index is 1.31. The molecule has 2 aliphatic carbocycles. The summed E-state index contributed by atoms with van der Waals surface area (Å²) >= 11 is 0. The van der Waals surface area contributed by atoms with Crippen molar-refractivity contribution in [1.82, 2.24) is 0 Å². The number of unbranched alkanes of at least 4 members (excludes halogenated alkanes) is 2. The van der Waals surface area contributed by atoms with Crippen LogP contribution in [0.15, 0.2) is 48.6 Å². The van der Waals surface area contributed by atoms with E-state index in [9.17, 15) is 19.8 Å². The molecule has 51 heavy (non-hydrogen) atoms. The van der Waals surface area contributed by atoms with Gasteiger partial charge in [0.1, 0.15) is 0 Å². The van der Waals surface area contributed by atoms with Gasteiger partial charge in [-0.2, -0.15) is 0 Å². The van der Waals surface area contributed by atoms with E-state index < -0.39 is 24.5 Å². The van der Waals surface area contributed by atoms with E-state index in [0.717, 1.165) is 44.9 Å². The molecule has 6 nitrogen and oxygen atoms in total. The fraction of sp³-hybridized carbons (Fsp3) is 0.644. The molecule has 2 unspecified atom stereocenters. The first-order valence-corrected chi connectivity index (χ1v) is 20.2. The van der Waals surface area contributed by atoms with Gasteiger partial charge in [-0.1, -0.05) is 76.6 Å². The van der Waals surface area contributed by atoms with E-state index in [-0.39, 0.29) is 31.3 Å². The van der Waals surface area contributed by atoms with Gasteiger partial charge in [0, 0.05) is 5.92 Å². The summed E-state index contributed by atoms with van der Waals surface area (Å²) in [5, 5.41) is 18.6. The molecule has 2 fully saturated rings. The predicted molar refractivity (Wildman–Crippen MR) is 206 cm³/mol. The quantitative estimate of drug-likeness (QED) is 0.0861. The lowest BCUT2D eigenvalue weighted by Gasteiger charge is -2.33. The second-order valence-electron chi connectivity index (χ2n) is 15.6. The Morgan fingerprint density at radius 1 is 0.765 bits per heavy atom. The van der Waals surface area contributed by atoms with Crippen molar-refractivity contribution in [3.63, 3.8) is 0 Å². The van der Waals surface area contributed by atoms with Crippen LogP contribution in [0.3, 0.4) is 0 Å². The fourth-order valence-electron chi connectivity index (χ4n) is 8.52. The van der Waals surface area contributed by atoms with Gasteiger partial charge in [-0.3, -0.25) is 4.79 Å². The Bertz CT molecular complexity index is 1400. The third-order valence-electron chi connectivity index (χ3n) is 11.9. The number of aliphatic hydroxyl groups is 2. The van der Waals surface area contributed by atoms with E-state index in [1.807, 2.05) is 0 Å². The van der Waals surface area contributed by atoms with Gasteiger partial charge in [0.2, 0.25) is 0 Å². The Hall–Kier alpha value is -2.96. The largest absolute Gasteiger partial charge is 0.465 e. The van der Waals surface area contributed by atoms with Gasteiger partial charge in [0.15, 0.2) is 0 Å². The summed E-state index contributed by atoms with van der Waals surface area (Å²) in [5.41, 5.74) is 9.25. The molecule has 2 saturated carbocycles. The number of aryl methyl sites for hydroxylation is 3. The van der Waals surface area contributed by atoms with E-state index in [1.165, 1.54) is 62.5 Å². The number of carbonyl (C=O) groups excluding carboxylic acids is 2. The fourth-order valence-corrected chi connectivity index (χ4v) is 8.52. The summed E-state index contributed by atoms with van der Waals surface area (Å²) in [5.74, 6) is 0.498. The van der Waals surface area contributed by atoms with E-state index in [4.69, 9.17) is 9.47 Å². The van der Waals surface area contributed by atoms with Crippen molar-refractivity contribution in [2.24, 2.45) is 17.8 Å². The first-order valence-electron chi connectivity index (χ1n) is 20.2. The molecule has 2 N–H and O–H groups in total. The number of rotatable bonds is 19. The zero-order valence-corrected chi connectivity index (χ0v) is 32.1. The number of aliphatic hydroxyl groups excluding tert-OH is 2. The van der Waals surface area contributed by atoms with Crippen molar-refractivity contribution in [3.8, 4) is 0 Å². The van der Waals surface area contributed by atoms with E-state index in [1.54, 1.807) is 29.2 Å². The Kier molecular flexibility index (Phi) is 16.7. The lowest BCUT2D eigenvalue weighted by atomic mass is 9.73. The second kappa shape index (κ2) is 20.9. The molecule has 4 rings (SSSR count). The first kappa shape index (κ1) is 40.8. The summed E-state index contributed by atoms with van der Waals surface area (Å²) in [6.07, 6.45) is 17.5.